The van der Waals surface area contributed by atoms with Gasteiger partial charge in [0.15, 0.2) is 6.61 Å². The lowest BCUT2D eigenvalue weighted by Gasteiger charge is -2.33. The number of likely N-dealkylation sites (tertiary alicyclic amines) is 1. The number of hydrogen-bond acceptors (Lipinski definition) is 4. The van der Waals surface area contributed by atoms with Gasteiger partial charge in [-0.1, -0.05) is 30.3 Å². The lowest BCUT2D eigenvalue weighted by molar-refractivity contribution is -0.137. The number of nitrogens with zero attached hydrogens (tertiary/aromatic N) is 1. The van der Waals surface area contributed by atoms with E-state index in [2.05, 4.69) is 0 Å². The van der Waals surface area contributed by atoms with Gasteiger partial charge in [-0.15, -0.1) is 0 Å². The van der Waals surface area contributed by atoms with Crippen molar-refractivity contribution in [3.63, 3.8) is 0 Å². The van der Waals surface area contributed by atoms with Gasteiger partial charge in [-0.05, 0) is 50.5 Å². The average molecular weight is 353 g/mol. The Kier molecular flexibility index (Phi) is 5.89. The number of carbonyl (C=O) groups excluding carboxylic acids is 2. The Bertz CT molecular complexity index is 760. The van der Waals surface area contributed by atoms with Crippen LogP contribution in [0.3, 0.4) is 0 Å². The van der Waals surface area contributed by atoms with Gasteiger partial charge in [0.2, 0.25) is 0 Å². The zero-order valence-electron chi connectivity index (χ0n) is 14.9. The van der Waals surface area contributed by atoms with Crippen LogP contribution < -0.4 is 4.74 Å². The normalized spacial score (nSPS) is 16.8. The minimum Gasteiger partial charge on any atom is -0.456 e. The van der Waals surface area contributed by atoms with Crippen molar-refractivity contribution in [2.45, 2.75) is 32.2 Å². The first-order chi connectivity index (χ1) is 12.6. The van der Waals surface area contributed by atoms with E-state index in [4.69, 9.17) is 9.47 Å². The first-order valence-corrected chi connectivity index (χ1v) is 8.93. The van der Waals surface area contributed by atoms with Crippen molar-refractivity contribution in [1.82, 2.24) is 4.90 Å². The molecule has 1 aliphatic rings. The van der Waals surface area contributed by atoms with Crippen molar-refractivity contribution in [1.29, 1.82) is 0 Å². The molecular formula is C21H23NO4. The highest BCUT2D eigenvalue weighted by Crippen LogP contribution is 2.25. The smallest absolute Gasteiger partial charge is 0.342 e. The molecule has 2 aromatic rings. The average Bonchev–Trinajstić information content (AvgIpc) is 2.67. The number of para-hydroxylation sites is 2. The van der Waals surface area contributed by atoms with E-state index < -0.39 is 5.97 Å². The number of esters is 1. The molecule has 5 heteroatoms. The Labute approximate surface area is 153 Å². The Morgan fingerprint density at radius 2 is 1.77 bits per heavy atom. The van der Waals surface area contributed by atoms with Crippen LogP contribution in [0.1, 0.15) is 36.5 Å². The number of benzene rings is 2. The maximum absolute atomic E-state index is 12.5. The molecule has 1 saturated heterocycles. The van der Waals surface area contributed by atoms with Gasteiger partial charge < -0.3 is 14.4 Å². The van der Waals surface area contributed by atoms with Crippen LogP contribution in [0.5, 0.6) is 11.5 Å². The maximum Gasteiger partial charge on any atom is 0.342 e. The third-order valence-corrected chi connectivity index (χ3v) is 4.53. The predicted molar refractivity (Wildman–Crippen MR) is 98.3 cm³/mol. The van der Waals surface area contributed by atoms with Gasteiger partial charge in [0.1, 0.15) is 17.1 Å². The monoisotopic (exact) mass is 353 g/mol. The van der Waals surface area contributed by atoms with Crippen molar-refractivity contribution in [3.8, 4) is 11.5 Å². The van der Waals surface area contributed by atoms with Gasteiger partial charge in [-0.2, -0.15) is 0 Å². The third-order valence-electron chi connectivity index (χ3n) is 4.53. The zero-order valence-corrected chi connectivity index (χ0v) is 14.9. The van der Waals surface area contributed by atoms with E-state index in [1.165, 1.54) is 0 Å². The largest absolute Gasteiger partial charge is 0.456 e. The topological polar surface area (TPSA) is 55.8 Å². The Morgan fingerprint density at radius 3 is 2.54 bits per heavy atom. The molecule has 0 aromatic heterocycles. The van der Waals surface area contributed by atoms with E-state index in [0.717, 1.165) is 25.8 Å². The second-order valence-electron chi connectivity index (χ2n) is 6.42. The Morgan fingerprint density at radius 1 is 1.04 bits per heavy atom. The second-order valence-corrected chi connectivity index (χ2v) is 6.42. The van der Waals surface area contributed by atoms with Crippen LogP contribution in [0.2, 0.25) is 0 Å². The van der Waals surface area contributed by atoms with E-state index in [1.54, 1.807) is 29.2 Å². The Balaban J connectivity index is 1.64. The summed E-state index contributed by atoms with van der Waals surface area (Å²) in [6, 6.07) is 16.3. The number of amides is 1. The van der Waals surface area contributed by atoms with Crippen LogP contribution in [-0.4, -0.2) is 36.0 Å². The molecule has 1 aliphatic heterocycles. The molecule has 0 bridgehead atoms. The third kappa shape index (κ3) is 4.42. The number of carbonyl (C=O) groups is 2. The number of piperidine rings is 1. The number of hydrogen-bond donors (Lipinski definition) is 0. The van der Waals surface area contributed by atoms with Crippen LogP contribution in [0.25, 0.3) is 0 Å². The molecule has 1 fully saturated rings. The molecule has 26 heavy (non-hydrogen) atoms. The van der Waals surface area contributed by atoms with Crippen molar-refractivity contribution in [2.24, 2.45) is 0 Å². The molecule has 1 heterocycles. The highest BCUT2D eigenvalue weighted by Gasteiger charge is 2.24. The molecule has 136 valence electrons. The van der Waals surface area contributed by atoms with Gasteiger partial charge in [-0.25, -0.2) is 4.79 Å². The lowest BCUT2D eigenvalue weighted by Crippen LogP contribution is -2.44. The molecule has 1 atom stereocenters. The zero-order chi connectivity index (χ0) is 18.4. The lowest BCUT2D eigenvalue weighted by atomic mass is 10.0. The van der Waals surface area contributed by atoms with E-state index in [9.17, 15) is 9.59 Å². The molecule has 2 aromatic carbocycles. The standard InChI is InChI=1S/C21H23NO4/c1-16-9-7-8-14-22(16)20(23)15-25-21(24)18-12-5-6-13-19(18)26-17-10-3-2-4-11-17/h2-6,10-13,16H,7-9,14-15H2,1H3. The van der Waals surface area contributed by atoms with Gasteiger partial charge in [0.25, 0.3) is 5.91 Å². The van der Waals surface area contributed by atoms with Crippen molar-refractivity contribution in [3.05, 3.63) is 60.2 Å². The van der Waals surface area contributed by atoms with Crippen LogP contribution >= 0.6 is 0 Å². The molecule has 0 N–H and O–H groups in total. The van der Waals surface area contributed by atoms with Gasteiger partial charge >= 0.3 is 5.97 Å². The van der Waals surface area contributed by atoms with E-state index in [0.29, 0.717) is 17.1 Å². The van der Waals surface area contributed by atoms with E-state index >= 15 is 0 Å². The SMILES string of the molecule is CC1CCCCN1C(=O)COC(=O)c1ccccc1Oc1ccccc1. The van der Waals surface area contributed by atoms with Crippen LogP contribution in [-0.2, 0) is 9.53 Å². The first-order valence-electron chi connectivity index (χ1n) is 8.93. The highest BCUT2D eigenvalue weighted by atomic mass is 16.5. The van der Waals surface area contributed by atoms with Gasteiger partial charge in [0.05, 0.1) is 0 Å². The molecule has 0 radical (unpaired) electrons. The van der Waals surface area contributed by atoms with Gasteiger partial charge in [0, 0.05) is 12.6 Å². The molecule has 3 rings (SSSR count). The molecular weight excluding hydrogens is 330 g/mol. The first kappa shape index (κ1) is 18.0. The number of ether oxygens (including phenoxy) is 2. The van der Waals surface area contributed by atoms with Crippen molar-refractivity contribution < 1.29 is 19.1 Å². The van der Waals surface area contributed by atoms with Crippen LogP contribution in [0.15, 0.2) is 54.6 Å². The summed E-state index contributed by atoms with van der Waals surface area (Å²) >= 11 is 0. The van der Waals surface area contributed by atoms with Gasteiger partial charge in [-0.3, -0.25) is 4.79 Å². The molecule has 5 nitrogen and oxygen atoms in total. The summed E-state index contributed by atoms with van der Waals surface area (Å²) in [7, 11) is 0. The number of rotatable bonds is 5. The quantitative estimate of drug-likeness (QED) is 0.762. The fourth-order valence-electron chi connectivity index (χ4n) is 3.10. The van der Waals surface area contributed by atoms with Crippen LogP contribution in [0, 0.1) is 0 Å². The van der Waals surface area contributed by atoms with Crippen molar-refractivity contribution >= 4 is 11.9 Å². The summed E-state index contributed by atoms with van der Waals surface area (Å²) < 4.78 is 11.0. The van der Waals surface area contributed by atoms with E-state index in [1.807, 2.05) is 37.3 Å². The molecule has 0 saturated carbocycles. The molecule has 1 amide bonds. The summed E-state index contributed by atoms with van der Waals surface area (Å²) in [6.07, 6.45) is 3.13. The van der Waals surface area contributed by atoms with E-state index in [-0.39, 0.29) is 18.6 Å². The molecule has 0 aliphatic carbocycles. The molecule has 1 unspecified atom stereocenters. The fourth-order valence-corrected chi connectivity index (χ4v) is 3.10. The summed E-state index contributed by atoms with van der Waals surface area (Å²) in [4.78, 5) is 26.6. The van der Waals surface area contributed by atoms with Crippen LogP contribution in [0.4, 0.5) is 0 Å². The summed E-state index contributed by atoms with van der Waals surface area (Å²) in [5, 5.41) is 0. The minimum absolute atomic E-state index is 0.146. The highest BCUT2D eigenvalue weighted by molar-refractivity contribution is 5.94. The Hall–Kier alpha value is -2.82. The molecule has 0 spiro atoms. The summed E-state index contributed by atoms with van der Waals surface area (Å²) in [5.41, 5.74) is 0.302. The predicted octanol–water partition coefficient (Wildman–Crippen LogP) is 4.04. The maximum atomic E-state index is 12.5. The summed E-state index contributed by atoms with van der Waals surface area (Å²) in [6.45, 7) is 2.51. The fraction of sp³-hybridized carbons (Fsp3) is 0.333. The van der Waals surface area contributed by atoms with Crippen molar-refractivity contribution in [2.75, 3.05) is 13.2 Å². The second kappa shape index (κ2) is 8.52. The minimum atomic E-state index is -0.561. The summed E-state index contributed by atoms with van der Waals surface area (Å²) in [5.74, 6) is 0.329.